The molecular weight excluding hydrogens is 334 g/mol. The lowest BCUT2D eigenvalue weighted by Crippen LogP contribution is -2.40. The summed E-state index contributed by atoms with van der Waals surface area (Å²) >= 11 is 0. The normalized spacial score (nSPS) is 39.4. The Balaban J connectivity index is 1.80. The van der Waals surface area contributed by atoms with Gasteiger partial charge < -0.3 is 33.6 Å². The zero-order valence-electron chi connectivity index (χ0n) is 15.1. The van der Waals surface area contributed by atoms with Gasteiger partial charge in [0.25, 0.3) is 12.4 Å². The van der Waals surface area contributed by atoms with E-state index in [1.807, 2.05) is 0 Å². The van der Waals surface area contributed by atoms with Gasteiger partial charge in [-0.1, -0.05) is 0 Å². The average molecular weight is 359 g/mol. The molecule has 0 spiro atoms. The van der Waals surface area contributed by atoms with E-state index in [9.17, 15) is 10.0 Å². The summed E-state index contributed by atoms with van der Waals surface area (Å²) < 4.78 is 34.2. The molecule has 9 nitrogen and oxygen atoms in total. The first-order valence-corrected chi connectivity index (χ1v) is 8.42. The Morgan fingerprint density at radius 3 is 2.44 bits per heavy atom. The van der Waals surface area contributed by atoms with Gasteiger partial charge in [0.15, 0.2) is 17.7 Å². The van der Waals surface area contributed by atoms with Crippen LogP contribution < -0.4 is 0 Å². The van der Waals surface area contributed by atoms with Crippen LogP contribution in [-0.2, 0) is 33.2 Å². The van der Waals surface area contributed by atoms with Crippen molar-refractivity contribution in [2.24, 2.45) is 0 Å². The van der Waals surface area contributed by atoms with Crippen molar-refractivity contribution < 1.29 is 38.0 Å². The molecule has 0 aliphatic carbocycles. The minimum absolute atomic E-state index is 0.179. The van der Waals surface area contributed by atoms with Gasteiger partial charge in [-0.2, -0.15) is 4.74 Å². The van der Waals surface area contributed by atoms with Crippen molar-refractivity contribution in [3.63, 3.8) is 0 Å². The van der Waals surface area contributed by atoms with Crippen molar-refractivity contribution >= 4 is 12.2 Å². The van der Waals surface area contributed by atoms with Crippen LogP contribution in [0.5, 0.6) is 0 Å². The highest BCUT2D eigenvalue weighted by Gasteiger charge is 2.62. The molecule has 142 valence electrons. The Hall–Kier alpha value is -1.26. The number of rotatable bonds is 4. The first-order chi connectivity index (χ1) is 11.6. The summed E-state index contributed by atoms with van der Waals surface area (Å²) in [5, 5.41) is 12.4. The maximum absolute atomic E-state index is 12.4. The smallest absolute Gasteiger partial charge is 0.396 e. The largest absolute Gasteiger partial charge is 0.622 e. The van der Waals surface area contributed by atoms with Crippen LogP contribution in [0, 0.1) is 5.21 Å². The zero-order chi connectivity index (χ0) is 18.4. The molecule has 5 atom stereocenters. The fourth-order valence-electron chi connectivity index (χ4n) is 3.35. The molecule has 3 aliphatic rings. The number of carbonyl (C=O) groups is 1. The first kappa shape index (κ1) is 18.5. The second-order valence-corrected chi connectivity index (χ2v) is 7.16. The van der Waals surface area contributed by atoms with E-state index < -0.39 is 48.2 Å². The molecule has 0 bridgehead atoms. The Morgan fingerprint density at radius 1 is 1.16 bits per heavy atom. The van der Waals surface area contributed by atoms with Gasteiger partial charge >= 0.3 is 5.97 Å². The molecule has 3 fully saturated rings. The lowest BCUT2D eigenvalue weighted by atomic mass is 10.1. The monoisotopic (exact) mass is 359 g/mol. The second kappa shape index (κ2) is 6.48. The molecule has 0 unspecified atom stereocenters. The molecule has 0 aromatic carbocycles. The van der Waals surface area contributed by atoms with Gasteiger partial charge in [0.05, 0.1) is 13.2 Å². The minimum Gasteiger partial charge on any atom is -0.622 e. The maximum atomic E-state index is 12.4. The van der Waals surface area contributed by atoms with Gasteiger partial charge in [-0.25, -0.2) is 4.79 Å². The summed E-state index contributed by atoms with van der Waals surface area (Å²) in [6.07, 6.45) is -2.33. The van der Waals surface area contributed by atoms with Gasteiger partial charge in [-0.3, -0.25) is 0 Å². The topological polar surface area (TPSA) is 98.5 Å². The number of nitrogens with zero attached hydrogens (tertiary/aromatic N) is 1. The molecule has 3 saturated heterocycles. The van der Waals surface area contributed by atoms with Gasteiger partial charge in [0.1, 0.15) is 18.3 Å². The van der Waals surface area contributed by atoms with Gasteiger partial charge in [-0.05, 0) is 34.6 Å². The van der Waals surface area contributed by atoms with Crippen LogP contribution in [0.4, 0.5) is 0 Å². The van der Waals surface area contributed by atoms with Crippen LogP contribution in [0.25, 0.3) is 0 Å². The van der Waals surface area contributed by atoms with Crippen LogP contribution >= 0.6 is 0 Å². The van der Waals surface area contributed by atoms with E-state index in [0.717, 1.165) is 6.21 Å². The van der Waals surface area contributed by atoms with E-state index >= 15 is 0 Å². The summed E-state index contributed by atoms with van der Waals surface area (Å²) in [5.74, 6) is -2.33. The van der Waals surface area contributed by atoms with E-state index in [1.165, 1.54) is 0 Å². The van der Waals surface area contributed by atoms with Crippen LogP contribution in [0.3, 0.4) is 0 Å². The van der Waals surface area contributed by atoms with Crippen molar-refractivity contribution in [2.75, 3.05) is 13.2 Å². The highest BCUT2D eigenvalue weighted by molar-refractivity contribution is 6.20. The molecule has 3 rings (SSSR count). The summed E-state index contributed by atoms with van der Waals surface area (Å²) in [6.45, 7) is 9.30. The standard InChI is InChI=1S/C16H25NO8/c1-6-20-10(18)7-17(19)14-13-12(24-16(4,5)25-13)11(22-14)9-8-21-15(2,3)23-9/h7,9,11-14H,6,8H2,1-5H3/b17-7-/t9-,11-,12+,13+,14+/m1/s1. The van der Waals surface area contributed by atoms with Gasteiger partial charge in [0.2, 0.25) is 0 Å². The Bertz CT molecular complexity index is 560. The Labute approximate surface area is 146 Å². The van der Waals surface area contributed by atoms with Crippen LogP contribution in [-0.4, -0.2) is 72.4 Å². The van der Waals surface area contributed by atoms with Crippen molar-refractivity contribution in [3.05, 3.63) is 5.21 Å². The van der Waals surface area contributed by atoms with Gasteiger partial charge in [-0.15, -0.1) is 0 Å². The average Bonchev–Trinajstić information content (AvgIpc) is 3.08. The highest BCUT2D eigenvalue weighted by atomic mass is 16.8. The number of ether oxygens (including phenoxy) is 6. The van der Waals surface area contributed by atoms with E-state index in [0.29, 0.717) is 11.3 Å². The SMILES string of the molecule is CCOC(=O)/C=[N+](\[O-])[C@H]1O[C@H]([C@H]2COC(C)(C)O2)[C@@H]2OC(C)(C)O[C@@H]21. The Kier molecular flexibility index (Phi) is 4.80. The molecule has 0 saturated carbocycles. The highest BCUT2D eigenvalue weighted by Crippen LogP contribution is 2.42. The molecular formula is C16H25NO8. The summed E-state index contributed by atoms with van der Waals surface area (Å²) in [6, 6.07) is 0. The Morgan fingerprint density at radius 2 is 1.84 bits per heavy atom. The number of fused-ring (bicyclic) bond motifs is 1. The third kappa shape index (κ3) is 3.80. The van der Waals surface area contributed by atoms with Crippen molar-refractivity contribution in [1.29, 1.82) is 0 Å². The molecule has 0 N–H and O–H groups in total. The lowest BCUT2D eigenvalue weighted by Gasteiger charge is -2.26. The lowest BCUT2D eigenvalue weighted by molar-refractivity contribution is -0.562. The molecule has 25 heavy (non-hydrogen) atoms. The third-order valence-electron chi connectivity index (χ3n) is 4.23. The van der Waals surface area contributed by atoms with Crippen molar-refractivity contribution in [3.8, 4) is 0 Å². The van der Waals surface area contributed by atoms with Crippen LogP contribution in [0.15, 0.2) is 0 Å². The molecule has 9 heteroatoms. The number of carbonyl (C=O) groups excluding carboxylic acids is 1. The van der Waals surface area contributed by atoms with E-state index in [-0.39, 0.29) is 6.61 Å². The van der Waals surface area contributed by atoms with E-state index in [4.69, 9.17) is 28.4 Å². The molecule has 3 heterocycles. The van der Waals surface area contributed by atoms with E-state index in [2.05, 4.69) is 0 Å². The predicted octanol–water partition coefficient (Wildman–Crippen LogP) is 0.527. The predicted molar refractivity (Wildman–Crippen MR) is 83.7 cm³/mol. The molecule has 0 aromatic heterocycles. The van der Waals surface area contributed by atoms with Crippen molar-refractivity contribution in [1.82, 2.24) is 0 Å². The van der Waals surface area contributed by atoms with E-state index in [1.54, 1.807) is 34.6 Å². The number of hydroxylamine groups is 1. The number of hydrogen-bond acceptors (Lipinski definition) is 8. The zero-order valence-corrected chi connectivity index (χ0v) is 15.1. The summed E-state index contributed by atoms with van der Waals surface area (Å²) in [7, 11) is 0. The fraction of sp³-hybridized carbons (Fsp3) is 0.875. The van der Waals surface area contributed by atoms with Crippen LogP contribution in [0.2, 0.25) is 0 Å². The third-order valence-corrected chi connectivity index (χ3v) is 4.23. The van der Waals surface area contributed by atoms with Crippen molar-refractivity contribution in [2.45, 2.75) is 76.8 Å². The summed E-state index contributed by atoms with van der Waals surface area (Å²) in [4.78, 5) is 11.6. The molecule has 3 aliphatic heterocycles. The summed E-state index contributed by atoms with van der Waals surface area (Å²) in [5.41, 5.74) is 0. The minimum atomic E-state index is -1.03. The molecule has 0 aromatic rings. The first-order valence-electron chi connectivity index (χ1n) is 8.42. The quantitative estimate of drug-likeness (QED) is 0.236. The van der Waals surface area contributed by atoms with Gasteiger partial charge in [0, 0.05) is 0 Å². The molecule has 0 radical (unpaired) electrons. The number of esters is 1. The number of hydrogen-bond donors (Lipinski definition) is 0. The maximum Gasteiger partial charge on any atom is 0.396 e. The second-order valence-electron chi connectivity index (χ2n) is 7.16. The molecule has 0 amide bonds. The van der Waals surface area contributed by atoms with Crippen LogP contribution in [0.1, 0.15) is 34.6 Å². The fourth-order valence-corrected chi connectivity index (χ4v) is 3.35.